The molecule has 0 bridgehead atoms. The van der Waals surface area contributed by atoms with Crippen LogP contribution in [-0.4, -0.2) is 29.1 Å². The molecule has 1 rings (SSSR count). The first-order valence-electron chi connectivity index (χ1n) is 8.88. The molecular formula is C18H36N2O. The van der Waals surface area contributed by atoms with Crippen molar-refractivity contribution >= 4 is 5.91 Å². The van der Waals surface area contributed by atoms with Crippen molar-refractivity contribution in [1.29, 1.82) is 0 Å². The molecule has 0 spiro atoms. The molecule has 21 heavy (non-hydrogen) atoms. The number of hydrogen-bond acceptors (Lipinski definition) is 2. The van der Waals surface area contributed by atoms with Gasteiger partial charge in [0.25, 0.3) is 0 Å². The summed E-state index contributed by atoms with van der Waals surface area (Å²) in [6, 6.07) is 0. The number of carbonyl (C=O) groups is 1. The maximum absolute atomic E-state index is 12.8. The summed E-state index contributed by atoms with van der Waals surface area (Å²) in [4.78, 5) is 14.9. The second-order valence-electron chi connectivity index (χ2n) is 7.69. The molecule has 1 N–H and O–H groups in total. The highest BCUT2D eigenvalue weighted by molar-refractivity contribution is 5.88. The van der Waals surface area contributed by atoms with Gasteiger partial charge in [0, 0.05) is 6.54 Å². The highest BCUT2D eigenvalue weighted by Gasteiger charge is 2.47. The molecule has 1 aliphatic heterocycles. The first-order valence-corrected chi connectivity index (χ1v) is 8.88. The first-order chi connectivity index (χ1) is 9.79. The SMILES string of the molecule is CCCCCC(C)(C)CN1C(=O)C(C)(CC)NC1CCC. The average Bonchev–Trinajstić information content (AvgIpc) is 2.64. The fourth-order valence-electron chi connectivity index (χ4n) is 3.30. The van der Waals surface area contributed by atoms with E-state index in [1.54, 1.807) is 0 Å². The number of carbonyl (C=O) groups excluding carboxylic acids is 1. The maximum Gasteiger partial charge on any atom is 0.243 e. The number of unbranched alkanes of at least 4 members (excludes halogenated alkanes) is 2. The number of nitrogens with zero attached hydrogens (tertiary/aromatic N) is 1. The predicted molar refractivity (Wildman–Crippen MR) is 90.2 cm³/mol. The monoisotopic (exact) mass is 296 g/mol. The van der Waals surface area contributed by atoms with Crippen LogP contribution >= 0.6 is 0 Å². The van der Waals surface area contributed by atoms with Gasteiger partial charge < -0.3 is 4.90 Å². The van der Waals surface area contributed by atoms with Crippen LogP contribution in [0.15, 0.2) is 0 Å². The molecule has 1 amide bonds. The van der Waals surface area contributed by atoms with Gasteiger partial charge in [-0.3, -0.25) is 10.1 Å². The first kappa shape index (κ1) is 18.5. The smallest absolute Gasteiger partial charge is 0.243 e. The molecule has 0 saturated carbocycles. The summed E-state index contributed by atoms with van der Waals surface area (Å²) in [6.07, 6.45) is 8.25. The number of hydrogen-bond donors (Lipinski definition) is 1. The fraction of sp³-hybridized carbons (Fsp3) is 0.944. The molecule has 1 aliphatic rings. The Hall–Kier alpha value is -0.570. The zero-order chi connectivity index (χ0) is 16.1. The summed E-state index contributed by atoms with van der Waals surface area (Å²) in [5.74, 6) is 0.298. The quantitative estimate of drug-likeness (QED) is 0.643. The molecule has 1 fully saturated rings. The molecular weight excluding hydrogens is 260 g/mol. The van der Waals surface area contributed by atoms with Crippen molar-refractivity contribution < 1.29 is 4.79 Å². The second-order valence-corrected chi connectivity index (χ2v) is 7.69. The van der Waals surface area contributed by atoms with Crippen molar-refractivity contribution in [2.45, 2.75) is 98.2 Å². The van der Waals surface area contributed by atoms with E-state index in [1.165, 1.54) is 25.7 Å². The van der Waals surface area contributed by atoms with Gasteiger partial charge in [0.05, 0.1) is 11.7 Å². The fourth-order valence-corrected chi connectivity index (χ4v) is 3.30. The van der Waals surface area contributed by atoms with E-state index in [4.69, 9.17) is 0 Å². The van der Waals surface area contributed by atoms with E-state index in [-0.39, 0.29) is 17.1 Å². The Kier molecular flexibility index (Phi) is 6.71. The Balaban J connectivity index is 2.75. The second kappa shape index (κ2) is 7.62. The van der Waals surface area contributed by atoms with Gasteiger partial charge in [-0.15, -0.1) is 0 Å². The van der Waals surface area contributed by atoms with Crippen molar-refractivity contribution in [1.82, 2.24) is 10.2 Å². The van der Waals surface area contributed by atoms with Crippen LogP contribution in [0.25, 0.3) is 0 Å². The summed E-state index contributed by atoms with van der Waals surface area (Å²) in [5.41, 5.74) is -0.156. The van der Waals surface area contributed by atoms with Crippen LogP contribution in [0, 0.1) is 5.41 Å². The molecule has 2 unspecified atom stereocenters. The standard InChI is InChI=1S/C18H36N2O/c1-7-10-11-13-17(4,5)14-20-15(12-8-2)19-18(6,9-3)16(20)21/h15,19H,7-14H2,1-6H3. The van der Waals surface area contributed by atoms with Crippen molar-refractivity contribution in [3.05, 3.63) is 0 Å². The summed E-state index contributed by atoms with van der Waals surface area (Å²) in [5, 5.41) is 3.58. The van der Waals surface area contributed by atoms with Gasteiger partial charge in [-0.05, 0) is 31.6 Å². The number of amides is 1. The minimum atomic E-state index is -0.362. The minimum Gasteiger partial charge on any atom is -0.325 e. The van der Waals surface area contributed by atoms with Crippen molar-refractivity contribution in [3.8, 4) is 0 Å². The topological polar surface area (TPSA) is 32.3 Å². The van der Waals surface area contributed by atoms with Crippen LogP contribution in [0.2, 0.25) is 0 Å². The lowest BCUT2D eigenvalue weighted by molar-refractivity contribution is -0.134. The van der Waals surface area contributed by atoms with Gasteiger partial charge in [-0.25, -0.2) is 0 Å². The van der Waals surface area contributed by atoms with Crippen LogP contribution < -0.4 is 5.32 Å². The number of nitrogens with one attached hydrogen (secondary N) is 1. The summed E-state index contributed by atoms with van der Waals surface area (Å²) < 4.78 is 0. The van der Waals surface area contributed by atoms with E-state index in [2.05, 4.69) is 51.8 Å². The lowest BCUT2D eigenvalue weighted by atomic mass is 9.86. The highest BCUT2D eigenvalue weighted by atomic mass is 16.2. The van der Waals surface area contributed by atoms with Crippen LogP contribution in [0.5, 0.6) is 0 Å². The lowest BCUT2D eigenvalue weighted by Gasteiger charge is -2.33. The normalized spacial score (nSPS) is 26.7. The summed E-state index contributed by atoms with van der Waals surface area (Å²) in [7, 11) is 0. The van der Waals surface area contributed by atoms with Crippen LogP contribution in [0.1, 0.15) is 86.5 Å². The van der Waals surface area contributed by atoms with E-state index in [0.717, 1.165) is 25.8 Å². The molecule has 0 radical (unpaired) electrons. The maximum atomic E-state index is 12.8. The summed E-state index contributed by atoms with van der Waals surface area (Å²) in [6.45, 7) is 14.1. The van der Waals surface area contributed by atoms with E-state index < -0.39 is 0 Å². The number of rotatable bonds is 9. The van der Waals surface area contributed by atoms with Crippen LogP contribution in [0.4, 0.5) is 0 Å². The lowest BCUT2D eigenvalue weighted by Crippen LogP contribution is -2.44. The molecule has 2 atom stereocenters. The molecule has 3 heteroatoms. The molecule has 1 heterocycles. The van der Waals surface area contributed by atoms with Gasteiger partial charge in [-0.2, -0.15) is 0 Å². The van der Waals surface area contributed by atoms with Crippen LogP contribution in [0.3, 0.4) is 0 Å². The van der Waals surface area contributed by atoms with Crippen molar-refractivity contribution in [2.75, 3.05) is 6.54 Å². The van der Waals surface area contributed by atoms with Gasteiger partial charge in [-0.1, -0.05) is 60.3 Å². The molecule has 0 aromatic carbocycles. The Morgan fingerprint density at radius 3 is 2.38 bits per heavy atom. The van der Waals surface area contributed by atoms with E-state index in [1.807, 2.05) is 0 Å². The Bertz CT molecular complexity index is 340. The van der Waals surface area contributed by atoms with Crippen LogP contribution in [-0.2, 0) is 4.79 Å². The molecule has 124 valence electrons. The molecule has 0 aromatic rings. The zero-order valence-corrected chi connectivity index (χ0v) is 15.1. The highest BCUT2D eigenvalue weighted by Crippen LogP contribution is 2.32. The van der Waals surface area contributed by atoms with Crippen molar-refractivity contribution in [3.63, 3.8) is 0 Å². The van der Waals surface area contributed by atoms with Gasteiger partial charge >= 0.3 is 0 Å². The van der Waals surface area contributed by atoms with E-state index in [9.17, 15) is 4.79 Å². The predicted octanol–water partition coefficient (Wildman–Crippen LogP) is 4.32. The third-order valence-corrected chi connectivity index (χ3v) is 4.92. The molecule has 0 aliphatic carbocycles. The minimum absolute atomic E-state index is 0.206. The van der Waals surface area contributed by atoms with E-state index >= 15 is 0 Å². The largest absolute Gasteiger partial charge is 0.325 e. The molecule has 3 nitrogen and oxygen atoms in total. The van der Waals surface area contributed by atoms with Gasteiger partial charge in [0.15, 0.2) is 0 Å². The third-order valence-electron chi connectivity index (χ3n) is 4.92. The van der Waals surface area contributed by atoms with E-state index in [0.29, 0.717) is 5.91 Å². The van der Waals surface area contributed by atoms with Crippen molar-refractivity contribution in [2.24, 2.45) is 5.41 Å². The zero-order valence-electron chi connectivity index (χ0n) is 15.1. The average molecular weight is 296 g/mol. The summed E-state index contributed by atoms with van der Waals surface area (Å²) >= 11 is 0. The molecule has 0 aromatic heterocycles. The Labute approximate surface area is 131 Å². The Morgan fingerprint density at radius 1 is 1.19 bits per heavy atom. The third kappa shape index (κ3) is 4.70. The Morgan fingerprint density at radius 2 is 1.86 bits per heavy atom. The van der Waals surface area contributed by atoms with Gasteiger partial charge in [0.1, 0.15) is 0 Å². The molecule has 1 saturated heterocycles. The van der Waals surface area contributed by atoms with Gasteiger partial charge in [0.2, 0.25) is 5.91 Å².